The van der Waals surface area contributed by atoms with Crippen molar-refractivity contribution in [3.05, 3.63) is 41.7 Å². The molecule has 134 valence electrons. The van der Waals surface area contributed by atoms with E-state index < -0.39 is 0 Å². The maximum atomic E-state index is 11.7. The van der Waals surface area contributed by atoms with E-state index >= 15 is 0 Å². The molecule has 0 amide bonds. The minimum atomic E-state index is -0.199. The topological polar surface area (TPSA) is 57.0 Å². The Morgan fingerprint density at radius 3 is 2.68 bits per heavy atom. The molecular formula is C19H25N3O2S. The first-order chi connectivity index (χ1) is 12.3. The third-order valence-corrected chi connectivity index (χ3v) is 5.42. The quantitative estimate of drug-likeness (QED) is 0.552. The molecule has 0 unspecified atom stereocenters. The van der Waals surface area contributed by atoms with Crippen LogP contribution in [0.15, 0.2) is 35.5 Å². The molecule has 1 aliphatic carbocycles. The van der Waals surface area contributed by atoms with Crippen LogP contribution in [0.1, 0.15) is 56.5 Å². The maximum absolute atomic E-state index is 11.7. The standard InChI is InChI=1S/C19H25N3O2S/c1-2-24-18(23)14-25-19-21-20-17(13-15-9-5-3-6-10-15)22(19)16-11-7-4-8-12-16/h3,5-6,9-10,16H,2,4,7-8,11-14H2,1H3. The van der Waals surface area contributed by atoms with Gasteiger partial charge in [-0.1, -0.05) is 61.4 Å². The highest BCUT2D eigenvalue weighted by atomic mass is 32.2. The largest absolute Gasteiger partial charge is 0.465 e. The van der Waals surface area contributed by atoms with E-state index in [-0.39, 0.29) is 11.7 Å². The summed E-state index contributed by atoms with van der Waals surface area (Å²) in [5, 5.41) is 9.68. The molecule has 1 heterocycles. The zero-order chi connectivity index (χ0) is 17.5. The van der Waals surface area contributed by atoms with E-state index in [1.165, 1.54) is 36.6 Å². The van der Waals surface area contributed by atoms with Crippen LogP contribution in [0.3, 0.4) is 0 Å². The van der Waals surface area contributed by atoms with Crippen LogP contribution in [-0.4, -0.2) is 33.1 Å². The van der Waals surface area contributed by atoms with Crippen molar-refractivity contribution in [1.82, 2.24) is 14.8 Å². The van der Waals surface area contributed by atoms with Crippen molar-refractivity contribution < 1.29 is 9.53 Å². The summed E-state index contributed by atoms with van der Waals surface area (Å²) in [5.74, 6) is 1.07. The number of hydrogen-bond donors (Lipinski definition) is 0. The Hall–Kier alpha value is -1.82. The van der Waals surface area contributed by atoms with Crippen LogP contribution in [-0.2, 0) is 16.0 Å². The van der Waals surface area contributed by atoms with Crippen LogP contribution in [0.4, 0.5) is 0 Å². The highest BCUT2D eigenvalue weighted by molar-refractivity contribution is 7.99. The molecule has 0 aliphatic heterocycles. The molecule has 0 N–H and O–H groups in total. The predicted octanol–water partition coefficient (Wildman–Crippen LogP) is 4.03. The maximum Gasteiger partial charge on any atom is 0.316 e. The molecule has 0 saturated heterocycles. The zero-order valence-electron chi connectivity index (χ0n) is 14.7. The van der Waals surface area contributed by atoms with Crippen molar-refractivity contribution in [1.29, 1.82) is 0 Å². The number of aromatic nitrogens is 3. The summed E-state index contributed by atoms with van der Waals surface area (Å²) in [4.78, 5) is 11.7. The Kier molecular flexibility index (Phi) is 6.50. The SMILES string of the molecule is CCOC(=O)CSc1nnc(Cc2ccccc2)n1C1CCCCC1. The molecule has 1 aliphatic rings. The molecule has 1 aromatic carbocycles. The van der Waals surface area contributed by atoms with Crippen LogP contribution in [0.25, 0.3) is 0 Å². The lowest BCUT2D eigenvalue weighted by Gasteiger charge is -2.25. The fraction of sp³-hybridized carbons (Fsp3) is 0.526. The average molecular weight is 359 g/mol. The average Bonchev–Trinajstić information content (AvgIpc) is 3.04. The van der Waals surface area contributed by atoms with Gasteiger partial charge in [0.1, 0.15) is 5.82 Å². The van der Waals surface area contributed by atoms with Crippen LogP contribution in [0.5, 0.6) is 0 Å². The number of carbonyl (C=O) groups excluding carboxylic acids is 1. The molecule has 1 saturated carbocycles. The first-order valence-electron chi connectivity index (χ1n) is 9.04. The Morgan fingerprint density at radius 2 is 1.96 bits per heavy atom. The fourth-order valence-electron chi connectivity index (χ4n) is 3.34. The van der Waals surface area contributed by atoms with Gasteiger partial charge >= 0.3 is 5.97 Å². The van der Waals surface area contributed by atoms with Gasteiger partial charge in [-0.25, -0.2) is 0 Å². The summed E-state index contributed by atoms with van der Waals surface area (Å²) in [6.45, 7) is 2.24. The molecule has 0 spiro atoms. The number of nitrogens with zero attached hydrogens (tertiary/aromatic N) is 3. The van der Waals surface area contributed by atoms with Gasteiger partial charge in [0.05, 0.1) is 12.4 Å². The first-order valence-corrected chi connectivity index (χ1v) is 10.0. The summed E-state index contributed by atoms with van der Waals surface area (Å²) < 4.78 is 7.31. The Bertz CT molecular complexity index is 681. The monoisotopic (exact) mass is 359 g/mol. The highest BCUT2D eigenvalue weighted by Crippen LogP contribution is 2.33. The molecule has 3 rings (SSSR count). The minimum Gasteiger partial charge on any atom is -0.465 e. The molecule has 2 aromatic rings. The lowest BCUT2D eigenvalue weighted by atomic mass is 9.95. The van der Waals surface area contributed by atoms with Gasteiger partial charge in [0.15, 0.2) is 5.16 Å². The predicted molar refractivity (Wildman–Crippen MR) is 98.7 cm³/mol. The molecule has 0 radical (unpaired) electrons. The van der Waals surface area contributed by atoms with E-state index in [9.17, 15) is 4.79 Å². The summed E-state index contributed by atoms with van der Waals surface area (Å²) in [6.07, 6.45) is 6.88. The Balaban J connectivity index is 1.80. The molecule has 1 aromatic heterocycles. The van der Waals surface area contributed by atoms with Gasteiger partial charge in [-0.05, 0) is 25.3 Å². The second-order valence-corrected chi connectivity index (χ2v) is 7.26. The minimum absolute atomic E-state index is 0.199. The number of carbonyl (C=O) groups is 1. The number of ether oxygens (including phenoxy) is 1. The number of rotatable bonds is 7. The van der Waals surface area contributed by atoms with E-state index in [4.69, 9.17) is 4.74 Å². The third-order valence-electron chi connectivity index (χ3n) is 4.50. The van der Waals surface area contributed by atoms with Crippen LogP contribution in [0.2, 0.25) is 0 Å². The van der Waals surface area contributed by atoms with Gasteiger partial charge in [0, 0.05) is 12.5 Å². The van der Waals surface area contributed by atoms with Crippen molar-refractivity contribution in [3.63, 3.8) is 0 Å². The van der Waals surface area contributed by atoms with Crippen molar-refractivity contribution in [2.75, 3.05) is 12.4 Å². The number of esters is 1. The van der Waals surface area contributed by atoms with Crippen LogP contribution < -0.4 is 0 Å². The van der Waals surface area contributed by atoms with Crippen molar-refractivity contribution in [2.45, 2.75) is 56.6 Å². The van der Waals surface area contributed by atoms with E-state index in [0.717, 1.165) is 30.2 Å². The van der Waals surface area contributed by atoms with E-state index in [1.54, 1.807) is 0 Å². The Morgan fingerprint density at radius 1 is 1.20 bits per heavy atom. The van der Waals surface area contributed by atoms with Gasteiger partial charge in [-0.2, -0.15) is 0 Å². The Labute approximate surface area is 153 Å². The lowest BCUT2D eigenvalue weighted by Crippen LogP contribution is -2.17. The van der Waals surface area contributed by atoms with Crippen molar-refractivity contribution >= 4 is 17.7 Å². The lowest BCUT2D eigenvalue weighted by molar-refractivity contribution is -0.139. The molecule has 5 nitrogen and oxygen atoms in total. The van der Waals surface area contributed by atoms with Gasteiger partial charge < -0.3 is 9.30 Å². The van der Waals surface area contributed by atoms with E-state index in [1.807, 2.05) is 25.1 Å². The van der Waals surface area contributed by atoms with E-state index in [2.05, 4.69) is 26.9 Å². The summed E-state index contributed by atoms with van der Waals surface area (Å²) in [6, 6.07) is 10.8. The second-order valence-electron chi connectivity index (χ2n) is 6.32. The zero-order valence-corrected chi connectivity index (χ0v) is 15.5. The summed E-state index contributed by atoms with van der Waals surface area (Å²) in [5.41, 5.74) is 1.23. The smallest absolute Gasteiger partial charge is 0.316 e. The molecular weight excluding hydrogens is 334 g/mol. The van der Waals surface area contributed by atoms with Gasteiger partial charge in [-0.15, -0.1) is 10.2 Å². The molecule has 25 heavy (non-hydrogen) atoms. The molecule has 0 atom stereocenters. The van der Waals surface area contributed by atoms with Crippen LogP contribution in [0, 0.1) is 0 Å². The number of thioether (sulfide) groups is 1. The molecule has 1 fully saturated rings. The van der Waals surface area contributed by atoms with E-state index in [0.29, 0.717) is 12.6 Å². The first kappa shape index (κ1) is 18.0. The van der Waals surface area contributed by atoms with Gasteiger partial charge in [0.25, 0.3) is 0 Å². The van der Waals surface area contributed by atoms with Crippen LogP contribution >= 0.6 is 11.8 Å². The van der Waals surface area contributed by atoms with Gasteiger partial charge in [-0.3, -0.25) is 4.79 Å². The number of benzene rings is 1. The third kappa shape index (κ3) is 4.84. The number of hydrogen-bond acceptors (Lipinski definition) is 5. The second kappa shape index (κ2) is 9.04. The van der Waals surface area contributed by atoms with Crippen molar-refractivity contribution in [2.24, 2.45) is 0 Å². The van der Waals surface area contributed by atoms with Gasteiger partial charge in [0.2, 0.25) is 0 Å². The highest BCUT2D eigenvalue weighted by Gasteiger charge is 2.23. The fourth-order valence-corrected chi connectivity index (χ4v) is 4.16. The summed E-state index contributed by atoms with van der Waals surface area (Å²) in [7, 11) is 0. The summed E-state index contributed by atoms with van der Waals surface area (Å²) >= 11 is 1.43. The molecule has 0 bridgehead atoms. The van der Waals surface area contributed by atoms with Crippen molar-refractivity contribution in [3.8, 4) is 0 Å². The normalized spacial score (nSPS) is 15.2. The molecule has 6 heteroatoms.